The van der Waals surface area contributed by atoms with Gasteiger partial charge in [0.25, 0.3) is 11.6 Å². The largest absolute Gasteiger partial charge is 0.455 e. The first-order chi connectivity index (χ1) is 16.4. The van der Waals surface area contributed by atoms with Crippen molar-refractivity contribution >= 4 is 29.4 Å². The lowest BCUT2D eigenvalue weighted by Crippen LogP contribution is -2.43. The van der Waals surface area contributed by atoms with Crippen LogP contribution in [0.4, 0.5) is 5.69 Å². The zero-order chi connectivity index (χ0) is 24.1. The van der Waals surface area contributed by atoms with Crippen molar-refractivity contribution < 1.29 is 19.2 Å². The molecule has 1 amide bonds. The molecular formula is C25H18ClN3O5. The number of aliphatic hydroxyl groups is 1. The van der Waals surface area contributed by atoms with Crippen LogP contribution in [0, 0.1) is 10.1 Å². The van der Waals surface area contributed by atoms with Gasteiger partial charge in [0.15, 0.2) is 5.60 Å². The molecule has 8 nitrogen and oxygen atoms in total. The number of halogens is 1. The fourth-order valence-corrected chi connectivity index (χ4v) is 3.62. The Balaban J connectivity index is 1.56. The summed E-state index contributed by atoms with van der Waals surface area (Å²) in [6, 6.07) is 24.3. The molecule has 4 aromatic rings. The van der Waals surface area contributed by atoms with Crippen LogP contribution in [0.1, 0.15) is 16.9 Å². The summed E-state index contributed by atoms with van der Waals surface area (Å²) in [4.78, 5) is 23.6. The fraction of sp³-hybridized carbons (Fsp3) is 0.0400. The lowest BCUT2D eigenvalue weighted by molar-refractivity contribution is -0.384. The quantitative estimate of drug-likeness (QED) is 0.224. The number of amides is 1. The van der Waals surface area contributed by atoms with E-state index in [1.54, 1.807) is 72.8 Å². The van der Waals surface area contributed by atoms with Crippen LogP contribution in [0.25, 0.3) is 11.3 Å². The molecule has 0 aliphatic carbocycles. The maximum Gasteiger partial charge on any atom is 0.281 e. The van der Waals surface area contributed by atoms with Crippen LogP contribution in [-0.4, -0.2) is 22.2 Å². The van der Waals surface area contributed by atoms with Crippen LogP contribution in [-0.2, 0) is 10.4 Å². The van der Waals surface area contributed by atoms with Gasteiger partial charge in [-0.15, -0.1) is 0 Å². The van der Waals surface area contributed by atoms with Gasteiger partial charge >= 0.3 is 0 Å². The second kappa shape index (κ2) is 9.70. The Bertz CT molecular complexity index is 1310. The predicted molar refractivity (Wildman–Crippen MR) is 127 cm³/mol. The van der Waals surface area contributed by atoms with Crippen LogP contribution < -0.4 is 5.43 Å². The lowest BCUT2D eigenvalue weighted by atomic mass is 9.85. The fourth-order valence-electron chi connectivity index (χ4n) is 3.41. The van der Waals surface area contributed by atoms with E-state index in [9.17, 15) is 20.0 Å². The van der Waals surface area contributed by atoms with E-state index in [0.717, 1.165) is 0 Å². The second-order valence-corrected chi connectivity index (χ2v) is 7.67. The molecule has 0 unspecified atom stereocenters. The zero-order valence-corrected chi connectivity index (χ0v) is 18.3. The summed E-state index contributed by atoms with van der Waals surface area (Å²) in [5, 5.41) is 26.6. The number of nitro groups is 1. The molecule has 170 valence electrons. The van der Waals surface area contributed by atoms with Crippen molar-refractivity contribution in [1.29, 1.82) is 0 Å². The normalized spacial score (nSPS) is 11.5. The smallest absolute Gasteiger partial charge is 0.281 e. The molecule has 0 radical (unpaired) electrons. The number of nitrogens with zero attached hydrogens (tertiary/aromatic N) is 2. The van der Waals surface area contributed by atoms with E-state index in [-0.39, 0.29) is 16.5 Å². The molecule has 0 fully saturated rings. The summed E-state index contributed by atoms with van der Waals surface area (Å²) in [6.07, 6.45) is 1.25. The van der Waals surface area contributed by atoms with Gasteiger partial charge < -0.3 is 9.52 Å². The number of carbonyl (C=O) groups is 1. The van der Waals surface area contributed by atoms with Gasteiger partial charge in [0.2, 0.25) is 0 Å². The van der Waals surface area contributed by atoms with Gasteiger partial charge in [-0.05, 0) is 29.3 Å². The highest BCUT2D eigenvalue weighted by molar-refractivity contribution is 6.33. The van der Waals surface area contributed by atoms with E-state index in [4.69, 9.17) is 16.0 Å². The molecule has 0 aliphatic rings. The van der Waals surface area contributed by atoms with Gasteiger partial charge in [-0.25, -0.2) is 5.43 Å². The van der Waals surface area contributed by atoms with E-state index < -0.39 is 16.4 Å². The Morgan fingerprint density at radius 3 is 2.21 bits per heavy atom. The summed E-state index contributed by atoms with van der Waals surface area (Å²) in [5.41, 5.74) is 1.38. The maximum atomic E-state index is 13.0. The number of carbonyl (C=O) groups excluding carboxylic acids is 1. The third-order valence-electron chi connectivity index (χ3n) is 5.12. The third kappa shape index (κ3) is 4.59. The van der Waals surface area contributed by atoms with Gasteiger partial charge in [0.1, 0.15) is 11.5 Å². The number of rotatable bonds is 7. The van der Waals surface area contributed by atoms with Crippen LogP contribution in [0.3, 0.4) is 0 Å². The van der Waals surface area contributed by atoms with Gasteiger partial charge in [0, 0.05) is 17.7 Å². The highest BCUT2D eigenvalue weighted by Gasteiger charge is 2.39. The molecule has 1 aromatic heterocycles. The van der Waals surface area contributed by atoms with Gasteiger partial charge in [-0.1, -0.05) is 72.3 Å². The first kappa shape index (κ1) is 22.9. The number of non-ortho nitro benzene ring substituents is 1. The zero-order valence-electron chi connectivity index (χ0n) is 17.6. The SMILES string of the molecule is O=C(N/N=C/c1ccc(-c2cc([N+](=O)[O-])ccc2Cl)o1)C(O)(c1ccccc1)c1ccccc1. The summed E-state index contributed by atoms with van der Waals surface area (Å²) < 4.78 is 5.65. The van der Waals surface area contributed by atoms with E-state index in [1.165, 1.54) is 24.4 Å². The van der Waals surface area contributed by atoms with E-state index >= 15 is 0 Å². The number of nitro benzene ring substituents is 1. The van der Waals surface area contributed by atoms with Crippen molar-refractivity contribution in [2.24, 2.45) is 5.10 Å². The predicted octanol–water partition coefficient (Wildman–Crippen LogP) is 4.89. The molecule has 1 heterocycles. The minimum absolute atomic E-state index is 0.126. The lowest BCUT2D eigenvalue weighted by Gasteiger charge is -2.26. The number of hydrogen-bond donors (Lipinski definition) is 2. The summed E-state index contributed by atoms with van der Waals surface area (Å²) >= 11 is 6.16. The first-order valence-electron chi connectivity index (χ1n) is 10.1. The number of benzene rings is 3. The summed E-state index contributed by atoms with van der Waals surface area (Å²) in [5.74, 6) is -0.193. The minimum atomic E-state index is -1.97. The minimum Gasteiger partial charge on any atom is -0.455 e. The topological polar surface area (TPSA) is 118 Å². The molecule has 3 aromatic carbocycles. The Labute approximate surface area is 199 Å². The Morgan fingerprint density at radius 2 is 1.62 bits per heavy atom. The average Bonchev–Trinajstić information content (AvgIpc) is 3.33. The molecule has 0 saturated carbocycles. The Hall–Kier alpha value is -4.27. The number of nitrogens with one attached hydrogen (secondary N) is 1. The Kier molecular flexibility index (Phi) is 6.53. The van der Waals surface area contributed by atoms with Crippen molar-refractivity contribution in [2.75, 3.05) is 0 Å². The molecule has 0 aliphatic heterocycles. The van der Waals surface area contributed by atoms with Gasteiger partial charge in [0.05, 0.1) is 16.2 Å². The summed E-state index contributed by atoms with van der Waals surface area (Å²) in [6.45, 7) is 0. The molecule has 0 saturated heterocycles. The van der Waals surface area contributed by atoms with Crippen LogP contribution in [0.5, 0.6) is 0 Å². The number of furan rings is 1. The van der Waals surface area contributed by atoms with Crippen molar-refractivity contribution in [3.8, 4) is 11.3 Å². The van der Waals surface area contributed by atoms with Gasteiger partial charge in [-0.2, -0.15) is 5.10 Å². The van der Waals surface area contributed by atoms with Crippen LogP contribution in [0.15, 0.2) is 101 Å². The van der Waals surface area contributed by atoms with E-state index in [0.29, 0.717) is 22.5 Å². The second-order valence-electron chi connectivity index (χ2n) is 7.26. The monoisotopic (exact) mass is 475 g/mol. The van der Waals surface area contributed by atoms with E-state index in [1.807, 2.05) is 0 Å². The molecule has 2 N–H and O–H groups in total. The highest BCUT2D eigenvalue weighted by Crippen LogP contribution is 2.32. The molecular weight excluding hydrogens is 458 g/mol. The first-order valence-corrected chi connectivity index (χ1v) is 10.5. The average molecular weight is 476 g/mol. The maximum absolute atomic E-state index is 13.0. The van der Waals surface area contributed by atoms with Crippen molar-refractivity contribution in [3.63, 3.8) is 0 Å². The highest BCUT2D eigenvalue weighted by atomic mass is 35.5. The molecule has 0 bridgehead atoms. The van der Waals surface area contributed by atoms with Crippen molar-refractivity contribution in [1.82, 2.24) is 5.43 Å². The van der Waals surface area contributed by atoms with Crippen LogP contribution in [0.2, 0.25) is 5.02 Å². The molecule has 0 atom stereocenters. The molecule has 0 spiro atoms. The number of hydrogen-bond acceptors (Lipinski definition) is 6. The molecule has 9 heteroatoms. The Morgan fingerprint density at radius 1 is 1.00 bits per heavy atom. The standard InChI is InChI=1S/C25H18ClN3O5/c26-22-13-11-19(29(32)33)15-21(22)23-14-12-20(34-23)16-27-28-24(30)25(31,17-7-3-1-4-8-17)18-9-5-2-6-10-18/h1-16,31H,(H,28,30)/b27-16+. The number of hydrazone groups is 1. The summed E-state index contributed by atoms with van der Waals surface area (Å²) in [7, 11) is 0. The van der Waals surface area contributed by atoms with Crippen molar-refractivity contribution in [3.05, 3.63) is 123 Å². The molecule has 4 rings (SSSR count). The van der Waals surface area contributed by atoms with Gasteiger partial charge in [-0.3, -0.25) is 14.9 Å². The molecule has 34 heavy (non-hydrogen) atoms. The van der Waals surface area contributed by atoms with Crippen molar-refractivity contribution in [2.45, 2.75) is 5.60 Å². The van der Waals surface area contributed by atoms with Crippen LogP contribution >= 0.6 is 11.6 Å². The third-order valence-corrected chi connectivity index (χ3v) is 5.45. The van der Waals surface area contributed by atoms with E-state index in [2.05, 4.69) is 10.5 Å².